The van der Waals surface area contributed by atoms with E-state index < -0.39 is 0 Å². The highest BCUT2D eigenvalue weighted by Gasteiger charge is 2.10. The molecule has 0 radical (unpaired) electrons. The third kappa shape index (κ3) is 3.46. The van der Waals surface area contributed by atoms with Gasteiger partial charge < -0.3 is 5.32 Å². The molecule has 3 nitrogen and oxygen atoms in total. The van der Waals surface area contributed by atoms with Crippen LogP contribution in [-0.4, -0.2) is 4.98 Å². The fourth-order valence-corrected chi connectivity index (χ4v) is 2.10. The van der Waals surface area contributed by atoms with E-state index in [1.165, 1.54) is 0 Å². The predicted octanol–water partition coefficient (Wildman–Crippen LogP) is 4.17. The number of rotatable bonds is 4. The molecule has 0 saturated heterocycles. The normalized spacial score (nSPS) is 11.6. The third-order valence-electron chi connectivity index (χ3n) is 2.85. The van der Waals surface area contributed by atoms with Crippen LogP contribution in [0.1, 0.15) is 30.6 Å². The average molecular weight is 272 g/mol. The minimum Gasteiger partial charge on any atom is -0.363 e. The highest BCUT2D eigenvalue weighted by Crippen LogP contribution is 2.23. The van der Waals surface area contributed by atoms with Crippen LogP contribution in [0.3, 0.4) is 0 Å². The Balaban J connectivity index is 2.21. The molecule has 19 heavy (non-hydrogen) atoms. The molecule has 0 spiro atoms. The quantitative estimate of drug-likeness (QED) is 0.908. The summed E-state index contributed by atoms with van der Waals surface area (Å²) in [6.07, 6.45) is 0.902. The molecule has 1 atom stereocenters. The first-order valence-corrected chi connectivity index (χ1v) is 6.50. The number of nitriles is 1. The molecular weight excluding hydrogens is 258 g/mol. The predicted molar refractivity (Wildman–Crippen MR) is 77.1 cm³/mol. The topological polar surface area (TPSA) is 48.7 Å². The number of benzene rings is 1. The van der Waals surface area contributed by atoms with Gasteiger partial charge in [-0.25, -0.2) is 4.98 Å². The Labute approximate surface area is 117 Å². The van der Waals surface area contributed by atoms with E-state index in [1.807, 2.05) is 42.5 Å². The number of aromatic nitrogens is 1. The highest BCUT2D eigenvalue weighted by atomic mass is 35.5. The Morgan fingerprint density at radius 1 is 1.32 bits per heavy atom. The first kappa shape index (κ1) is 13.4. The number of nitrogens with one attached hydrogen (secondary N) is 1. The number of anilines is 1. The summed E-state index contributed by atoms with van der Waals surface area (Å²) >= 11 is 6.01. The Morgan fingerprint density at radius 3 is 2.79 bits per heavy atom. The van der Waals surface area contributed by atoms with Crippen molar-refractivity contribution in [3.8, 4) is 6.07 Å². The Bertz CT molecular complexity index is 604. The second-order valence-corrected chi connectivity index (χ2v) is 4.62. The van der Waals surface area contributed by atoms with Crippen LogP contribution in [0, 0.1) is 11.3 Å². The molecule has 1 N–H and O–H groups in total. The van der Waals surface area contributed by atoms with Crippen molar-refractivity contribution in [3.63, 3.8) is 0 Å². The van der Waals surface area contributed by atoms with Crippen LogP contribution >= 0.6 is 11.6 Å². The molecule has 0 aliphatic carbocycles. The second-order valence-electron chi connectivity index (χ2n) is 4.18. The van der Waals surface area contributed by atoms with Crippen LogP contribution < -0.4 is 5.32 Å². The minimum atomic E-state index is 0.125. The van der Waals surface area contributed by atoms with Crippen LogP contribution in [0.2, 0.25) is 5.02 Å². The molecule has 0 saturated carbocycles. The van der Waals surface area contributed by atoms with Crippen molar-refractivity contribution in [2.24, 2.45) is 0 Å². The Morgan fingerprint density at radius 2 is 2.11 bits per heavy atom. The maximum Gasteiger partial charge on any atom is 0.142 e. The van der Waals surface area contributed by atoms with Crippen molar-refractivity contribution in [2.45, 2.75) is 19.4 Å². The van der Waals surface area contributed by atoms with Gasteiger partial charge in [0, 0.05) is 5.02 Å². The number of hydrogen-bond donors (Lipinski definition) is 1. The van der Waals surface area contributed by atoms with Crippen molar-refractivity contribution in [1.29, 1.82) is 5.26 Å². The number of halogens is 1. The summed E-state index contributed by atoms with van der Waals surface area (Å²) in [7, 11) is 0. The molecule has 96 valence electrons. The summed E-state index contributed by atoms with van der Waals surface area (Å²) in [6, 6.07) is 15.3. The molecule has 1 aromatic carbocycles. The minimum absolute atomic E-state index is 0.125. The zero-order chi connectivity index (χ0) is 13.7. The van der Waals surface area contributed by atoms with E-state index in [0.717, 1.165) is 17.0 Å². The number of nitrogens with zero attached hydrogens (tertiary/aromatic N) is 2. The van der Waals surface area contributed by atoms with Gasteiger partial charge in [-0.1, -0.05) is 36.7 Å². The Hall–Kier alpha value is -2.05. The molecule has 0 aliphatic rings. The molecule has 2 rings (SSSR count). The van der Waals surface area contributed by atoms with Crippen LogP contribution in [0.25, 0.3) is 0 Å². The summed E-state index contributed by atoms with van der Waals surface area (Å²) in [5.41, 5.74) is 1.52. The summed E-state index contributed by atoms with van der Waals surface area (Å²) in [5.74, 6) is 0.700. The molecule has 0 aliphatic heterocycles. The van der Waals surface area contributed by atoms with Crippen LogP contribution in [0.15, 0.2) is 42.5 Å². The fraction of sp³-hybridized carbons (Fsp3) is 0.200. The maximum atomic E-state index is 8.85. The van der Waals surface area contributed by atoms with Gasteiger partial charge in [0.05, 0.1) is 6.04 Å². The lowest BCUT2D eigenvalue weighted by Crippen LogP contribution is -2.11. The van der Waals surface area contributed by atoms with E-state index in [2.05, 4.69) is 17.2 Å². The van der Waals surface area contributed by atoms with E-state index in [0.29, 0.717) is 11.5 Å². The largest absolute Gasteiger partial charge is 0.363 e. The van der Waals surface area contributed by atoms with E-state index >= 15 is 0 Å². The van der Waals surface area contributed by atoms with Crippen molar-refractivity contribution in [1.82, 2.24) is 4.98 Å². The van der Waals surface area contributed by atoms with Gasteiger partial charge in [0.15, 0.2) is 0 Å². The Kier molecular flexibility index (Phi) is 4.38. The molecule has 0 amide bonds. The van der Waals surface area contributed by atoms with Crippen molar-refractivity contribution < 1.29 is 0 Å². The summed E-state index contributed by atoms with van der Waals surface area (Å²) in [6.45, 7) is 2.09. The zero-order valence-corrected chi connectivity index (χ0v) is 11.4. The van der Waals surface area contributed by atoms with Gasteiger partial charge in [0.25, 0.3) is 0 Å². The first-order valence-electron chi connectivity index (χ1n) is 6.12. The lowest BCUT2D eigenvalue weighted by atomic mass is 10.0. The van der Waals surface area contributed by atoms with Crippen molar-refractivity contribution in [2.75, 3.05) is 5.32 Å². The van der Waals surface area contributed by atoms with Gasteiger partial charge in [0.1, 0.15) is 17.6 Å². The van der Waals surface area contributed by atoms with E-state index in [-0.39, 0.29) is 6.04 Å². The van der Waals surface area contributed by atoms with Crippen molar-refractivity contribution >= 4 is 17.4 Å². The molecular formula is C15H14ClN3. The smallest absolute Gasteiger partial charge is 0.142 e. The molecule has 1 unspecified atom stereocenters. The lowest BCUT2D eigenvalue weighted by Gasteiger charge is -2.18. The van der Waals surface area contributed by atoms with Gasteiger partial charge in [-0.15, -0.1) is 0 Å². The maximum absolute atomic E-state index is 8.85. The molecule has 0 bridgehead atoms. The second kappa shape index (κ2) is 6.21. The van der Waals surface area contributed by atoms with Gasteiger partial charge in [-0.3, -0.25) is 0 Å². The monoisotopic (exact) mass is 271 g/mol. The average Bonchev–Trinajstić information content (AvgIpc) is 2.45. The first-order chi connectivity index (χ1) is 9.22. The van der Waals surface area contributed by atoms with E-state index in [9.17, 15) is 0 Å². The standard InChI is InChI=1S/C15H14ClN3/c1-2-14(11-5-3-6-12(16)9-11)19-15-8-4-7-13(10-17)18-15/h3-9,14H,2H2,1H3,(H,18,19). The van der Waals surface area contributed by atoms with E-state index in [4.69, 9.17) is 16.9 Å². The summed E-state index contributed by atoms with van der Waals surface area (Å²) in [5, 5.41) is 12.9. The summed E-state index contributed by atoms with van der Waals surface area (Å²) in [4.78, 5) is 4.22. The third-order valence-corrected chi connectivity index (χ3v) is 3.08. The number of hydrogen-bond acceptors (Lipinski definition) is 3. The molecule has 1 heterocycles. The zero-order valence-electron chi connectivity index (χ0n) is 10.6. The fourth-order valence-electron chi connectivity index (χ4n) is 1.90. The van der Waals surface area contributed by atoms with Crippen LogP contribution in [0.4, 0.5) is 5.82 Å². The van der Waals surface area contributed by atoms with Crippen LogP contribution in [-0.2, 0) is 0 Å². The number of pyridine rings is 1. The molecule has 1 aromatic heterocycles. The van der Waals surface area contributed by atoms with Crippen LogP contribution in [0.5, 0.6) is 0 Å². The molecule has 2 aromatic rings. The van der Waals surface area contributed by atoms with Gasteiger partial charge in [-0.2, -0.15) is 5.26 Å². The SMILES string of the molecule is CCC(Nc1cccc(C#N)n1)c1cccc(Cl)c1. The van der Waals surface area contributed by atoms with Crippen molar-refractivity contribution in [3.05, 3.63) is 58.7 Å². The van der Waals surface area contributed by atoms with Gasteiger partial charge in [-0.05, 0) is 36.2 Å². The molecule has 0 fully saturated rings. The lowest BCUT2D eigenvalue weighted by molar-refractivity contribution is 0.744. The summed E-state index contributed by atoms with van der Waals surface area (Å²) < 4.78 is 0. The van der Waals surface area contributed by atoms with Gasteiger partial charge in [0.2, 0.25) is 0 Å². The molecule has 4 heteroatoms. The highest BCUT2D eigenvalue weighted by molar-refractivity contribution is 6.30. The van der Waals surface area contributed by atoms with Gasteiger partial charge >= 0.3 is 0 Å². The van der Waals surface area contributed by atoms with E-state index in [1.54, 1.807) is 6.07 Å².